The average molecular weight is 254 g/mol. The SMILES string of the molecule is CC(C)(C)N1CC(CNCC2(O)CCC2)CC1=O. The third-order valence-corrected chi connectivity index (χ3v) is 4.19. The fraction of sp³-hybridized carbons (Fsp3) is 0.929. The van der Waals surface area contributed by atoms with Gasteiger partial charge in [0.15, 0.2) is 0 Å². The maximum atomic E-state index is 11.9. The Kier molecular flexibility index (Phi) is 3.70. The van der Waals surface area contributed by atoms with Crippen molar-refractivity contribution in [2.45, 2.75) is 57.6 Å². The third kappa shape index (κ3) is 3.04. The topological polar surface area (TPSA) is 52.6 Å². The number of carbonyl (C=O) groups is 1. The van der Waals surface area contributed by atoms with Crippen LogP contribution in [0.3, 0.4) is 0 Å². The molecule has 1 aliphatic carbocycles. The molecule has 4 heteroatoms. The number of aliphatic hydroxyl groups is 1. The second kappa shape index (κ2) is 4.82. The van der Waals surface area contributed by atoms with Gasteiger partial charge in [0.2, 0.25) is 5.91 Å². The van der Waals surface area contributed by atoms with Crippen LogP contribution in [0.15, 0.2) is 0 Å². The van der Waals surface area contributed by atoms with E-state index in [-0.39, 0.29) is 11.4 Å². The zero-order valence-corrected chi connectivity index (χ0v) is 11.8. The van der Waals surface area contributed by atoms with Crippen molar-refractivity contribution in [2.24, 2.45) is 5.92 Å². The highest BCUT2D eigenvalue weighted by molar-refractivity contribution is 5.79. The molecule has 2 rings (SSSR count). The minimum Gasteiger partial charge on any atom is -0.389 e. The van der Waals surface area contributed by atoms with Crippen molar-refractivity contribution >= 4 is 5.91 Å². The minimum absolute atomic E-state index is 0.0714. The summed E-state index contributed by atoms with van der Waals surface area (Å²) >= 11 is 0. The molecule has 0 spiro atoms. The van der Waals surface area contributed by atoms with Gasteiger partial charge in [-0.15, -0.1) is 0 Å². The van der Waals surface area contributed by atoms with Gasteiger partial charge in [-0.25, -0.2) is 0 Å². The second-order valence-corrected chi connectivity index (χ2v) is 6.95. The van der Waals surface area contributed by atoms with E-state index < -0.39 is 5.60 Å². The van der Waals surface area contributed by atoms with Crippen LogP contribution in [0.25, 0.3) is 0 Å². The van der Waals surface area contributed by atoms with Crippen LogP contribution in [0.5, 0.6) is 0 Å². The molecule has 1 heterocycles. The standard InChI is InChI=1S/C14H26N2O2/c1-13(2,3)16-9-11(7-12(16)17)8-15-10-14(18)5-4-6-14/h11,15,18H,4-10H2,1-3H3. The predicted molar refractivity (Wildman–Crippen MR) is 71.2 cm³/mol. The lowest BCUT2D eigenvalue weighted by atomic mass is 9.80. The second-order valence-electron chi connectivity index (χ2n) is 6.95. The molecule has 1 saturated carbocycles. The lowest BCUT2D eigenvalue weighted by molar-refractivity contribution is -0.131. The van der Waals surface area contributed by atoms with Crippen LogP contribution in [0.2, 0.25) is 0 Å². The van der Waals surface area contributed by atoms with E-state index in [1.54, 1.807) is 0 Å². The van der Waals surface area contributed by atoms with Crippen molar-refractivity contribution in [3.63, 3.8) is 0 Å². The lowest BCUT2D eigenvalue weighted by Gasteiger charge is -2.37. The summed E-state index contributed by atoms with van der Waals surface area (Å²) in [5.41, 5.74) is -0.537. The Bertz CT molecular complexity index is 318. The summed E-state index contributed by atoms with van der Waals surface area (Å²) < 4.78 is 0. The molecule has 0 aromatic heterocycles. The van der Waals surface area contributed by atoms with Crippen LogP contribution in [-0.4, -0.2) is 46.7 Å². The van der Waals surface area contributed by atoms with Crippen LogP contribution in [0.1, 0.15) is 46.5 Å². The third-order valence-electron chi connectivity index (χ3n) is 4.19. The van der Waals surface area contributed by atoms with Gasteiger partial charge in [0.25, 0.3) is 0 Å². The predicted octanol–water partition coefficient (Wildman–Crippen LogP) is 1.14. The first-order valence-corrected chi connectivity index (χ1v) is 7.04. The van der Waals surface area contributed by atoms with Gasteiger partial charge in [0.1, 0.15) is 0 Å². The average Bonchev–Trinajstić information content (AvgIpc) is 2.57. The summed E-state index contributed by atoms with van der Waals surface area (Å²) in [5.74, 6) is 0.650. The number of hydrogen-bond acceptors (Lipinski definition) is 3. The van der Waals surface area contributed by atoms with E-state index in [1.807, 2.05) is 4.90 Å². The molecule has 1 aliphatic heterocycles. The van der Waals surface area contributed by atoms with E-state index in [9.17, 15) is 9.90 Å². The first-order chi connectivity index (χ1) is 8.30. The van der Waals surface area contributed by atoms with Crippen molar-refractivity contribution in [3.8, 4) is 0 Å². The van der Waals surface area contributed by atoms with Crippen LogP contribution in [0.4, 0.5) is 0 Å². The molecule has 0 aromatic rings. The highest BCUT2D eigenvalue weighted by Gasteiger charge is 2.37. The Hall–Kier alpha value is -0.610. The van der Waals surface area contributed by atoms with Crippen LogP contribution in [-0.2, 0) is 4.79 Å². The molecular formula is C14H26N2O2. The molecule has 1 amide bonds. The molecule has 0 aromatic carbocycles. The quantitative estimate of drug-likeness (QED) is 0.791. The molecule has 1 unspecified atom stereocenters. The first-order valence-electron chi connectivity index (χ1n) is 7.04. The fourth-order valence-electron chi connectivity index (χ4n) is 2.84. The summed E-state index contributed by atoms with van der Waals surface area (Å²) in [5, 5.41) is 13.3. The molecule has 2 N–H and O–H groups in total. The summed E-state index contributed by atoms with van der Waals surface area (Å²) in [6.07, 6.45) is 3.61. The Morgan fingerprint density at radius 3 is 2.56 bits per heavy atom. The van der Waals surface area contributed by atoms with Gasteiger partial charge in [-0.3, -0.25) is 4.79 Å². The van der Waals surface area contributed by atoms with Crippen molar-refractivity contribution in [1.82, 2.24) is 10.2 Å². The maximum Gasteiger partial charge on any atom is 0.223 e. The van der Waals surface area contributed by atoms with Crippen molar-refractivity contribution < 1.29 is 9.90 Å². The number of likely N-dealkylation sites (tertiary alicyclic amines) is 1. The monoisotopic (exact) mass is 254 g/mol. The van der Waals surface area contributed by atoms with Gasteiger partial charge < -0.3 is 15.3 Å². The molecule has 1 atom stereocenters. The number of nitrogens with one attached hydrogen (secondary N) is 1. The summed E-state index contributed by atoms with van der Waals surface area (Å²) in [6.45, 7) is 8.59. The lowest BCUT2D eigenvalue weighted by Crippen LogP contribution is -2.47. The Balaban J connectivity index is 1.74. The highest BCUT2D eigenvalue weighted by Crippen LogP contribution is 2.31. The molecule has 0 bridgehead atoms. The van der Waals surface area contributed by atoms with Gasteiger partial charge in [-0.05, 0) is 46.0 Å². The van der Waals surface area contributed by atoms with E-state index in [0.29, 0.717) is 18.9 Å². The molecule has 104 valence electrons. The Morgan fingerprint density at radius 2 is 2.11 bits per heavy atom. The van der Waals surface area contributed by atoms with Crippen LogP contribution in [0, 0.1) is 5.92 Å². The van der Waals surface area contributed by atoms with Gasteiger partial charge in [-0.2, -0.15) is 0 Å². The van der Waals surface area contributed by atoms with Crippen LogP contribution >= 0.6 is 0 Å². The Morgan fingerprint density at radius 1 is 1.44 bits per heavy atom. The van der Waals surface area contributed by atoms with Crippen LogP contribution < -0.4 is 5.32 Å². The summed E-state index contributed by atoms with van der Waals surface area (Å²) in [6, 6.07) is 0. The van der Waals surface area contributed by atoms with E-state index in [1.165, 1.54) is 0 Å². The normalized spacial score (nSPS) is 27.4. The van der Waals surface area contributed by atoms with Gasteiger partial charge in [0, 0.05) is 31.6 Å². The van der Waals surface area contributed by atoms with E-state index in [0.717, 1.165) is 32.4 Å². The molecule has 0 radical (unpaired) electrons. The van der Waals surface area contributed by atoms with Crippen molar-refractivity contribution in [1.29, 1.82) is 0 Å². The number of nitrogens with zero attached hydrogens (tertiary/aromatic N) is 1. The molecule has 4 nitrogen and oxygen atoms in total. The molecule has 1 saturated heterocycles. The maximum absolute atomic E-state index is 11.9. The van der Waals surface area contributed by atoms with E-state index in [4.69, 9.17) is 0 Å². The van der Waals surface area contributed by atoms with Gasteiger partial charge >= 0.3 is 0 Å². The van der Waals surface area contributed by atoms with Crippen molar-refractivity contribution in [3.05, 3.63) is 0 Å². The number of amides is 1. The van der Waals surface area contributed by atoms with Crippen molar-refractivity contribution in [2.75, 3.05) is 19.6 Å². The molecule has 2 aliphatic rings. The fourth-order valence-corrected chi connectivity index (χ4v) is 2.84. The molecule has 18 heavy (non-hydrogen) atoms. The number of carbonyl (C=O) groups excluding carboxylic acids is 1. The van der Waals surface area contributed by atoms with E-state index >= 15 is 0 Å². The molecular weight excluding hydrogens is 228 g/mol. The minimum atomic E-state index is -0.466. The highest BCUT2D eigenvalue weighted by atomic mass is 16.3. The summed E-state index contributed by atoms with van der Waals surface area (Å²) in [4.78, 5) is 13.9. The largest absolute Gasteiger partial charge is 0.389 e. The first kappa shape index (κ1) is 13.8. The summed E-state index contributed by atoms with van der Waals surface area (Å²) in [7, 11) is 0. The number of rotatable bonds is 4. The van der Waals surface area contributed by atoms with Gasteiger partial charge in [0.05, 0.1) is 5.60 Å². The zero-order valence-electron chi connectivity index (χ0n) is 11.8. The number of hydrogen-bond donors (Lipinski definition) is 2. The smallest absolute Gasteiger partial charge is 0.223 e. The zero-order chi connectivity index (χ0) is 13.4. The Labute approximate surface area is 110 Å². The molecule has 2 fully saturated rings. The van der Waals surface area contributed by atoms with Gasteiger partial charge in [-0.1, -0.05) is 0 Å². The van der Waals surface area contributed by atoms with E-state index in [2.05, 4.69) is 26.1 Å².